The molecule has 1 atom stereocenters. The Bertz CT molecular complexity index is 445. The van der Waals surface area contributed by atoms with E-state index < -0.39 is 0 Å². The largest absolute Gasteiger partial charge is 0.342 e. The number of hydrogen-bond acceptors (Lipinski definition) is 2. The molecule has 0 aliphatic heterocycles. The molecule has 0 radical (unpaired) electrons. The minimum Gasteiger partial charge on any atom is -0.342 e. The van der Waals surface area contributed by atoms with Crippen LogP contribution in [0.2, 0.25) is 0 Å². The number of aromatic nitrogens is 2. The van der Waals surface area contributed by atoms with Gasteiger partial charge < -0.3 is 10.7 Å². The Morgan fingerprint density at radius 2 is 2.29 bits per heavy atom. The molecule has 0 aliphatic carbocycles. The number of benzene rings is 1. The summed E-state index contributed by atoms with van der Waals surface area (Å²) in [4.78, 5) is 7.55. The van der Waals surface area contributed by atoms with Gasteiger partial charge in [0.05, 0.1) is 11.0 Å². The summed E-state index contributed by atoms with van der Waals surface area (Å²) in [5, 5.41) is 0. The lowest BCUT2D eigenvalue weighted by atomic mass is 10.1. The molecule has 0 saturated carbocycles. The standard InChI is InChI=1S/C11H15N3/c1-3-9(12)8-4-5-10-11(6-8)14-7(2)13-10/h4-6,9H,3,12H2,1-2H3,(H,13,14). The first-order chi connectivity index (χ1) is 6.70. The second-order valence-electron chi connectivity index (χ2n) is 3.61. The summed E-state index contributed by atoms with van der Waals surface area (Å²) in [6.45, 7) is 4.05. The average Bonchev–Trinajstić information content (AvgIpc) is 2.55. The summed E-state index contributed by atoms with van der Waals surface area (Å²) in [5.74, 6) is 0.946. The molecule has 3 heteroatoms. The number of nitrogens with one attached hydrogen (secondary N) is 1. The second-order valence-corrected chi connectivity index (χ2v) is 3.61. The Morgan fingerprint density at radius 3 is 3.00 bits per heavy atom. The Morgan fingerprint density at radius 1 is 1.50 bits per heavy atom. The molecule has 2 rings (SSSR count). The minimum absolute atomic E-state index is 0.128. The highest BCUT2D eigenvalue weighted by atomic mass is 14.9. The molecule has 3 N–H and O–H groups in total. The lowest BCUT2D eigenvalue weighted by Crippen LogP contribution is -2.08. The first-order valence-electron chi connectivity index (χ1n) is 4.92. The number of imidazole rings is 1. The Balaban J connectivity index is 2.50. The van der Waals surface area contributed by atoms with Gasteiger partial charge in [0.2, 0.25) is 0 Å². The first-order valence-corrected chi connectivity index (χ1v) is 4.92. The van der Waals surface area contributed by atoms with E-state index in [1.54, 1.807) is 0 Å². The second kappa shape index (κ2) is 3.42. The highest BCUT2D eigenvalue weighted by molar-refractivity contribution is 5.75. The van der Waals surface area contributed by atoms with E-state index in [1.165, 1.54) is 5.56 Å². The van der Waals surface area contributed by atoms with Crippen molar-refractivity contribution in [2.45, 2.75) is 26.3 Å². The summed E-state index contributed by atoms with van der Waals surface area (Å²) in [6.07, 6.45) is 0.957. The van der Waals surface area contributed by atoms with Crippen LogP contribution in [0.25, 0.3) is 11.0 Å². The average molecular weight is 189 g/mol. The normalized spacial score (nSPS) is 13.4. The fourth-order valence-electron chi connectivity index (χ4n) is 1.62. The summed E-state index contributed by atoms with van der Waals surface area (Å²) in [7, 11) is 0. The van der Waals surface area contributed by atoms with Crippen LogP contribution in [0.3, 0.4) is 0 Å². The van der Waals surface area contributed by atoms with E-state index in [9.17, 15) is 0 Å². The van der Waals surface area contributed by atoms with Gasteiger partial charge in [-0.15, -0.1) is 0 Å². The van der Waals surface area contributed by atoms with Gasteiger partial charge in [-0.2, -0.15) is 0 Å². The van der Waals surface area contributed by atoms with Crippen LogP contribution < -0.4 is 5.73 Å². The number of fused-ring (bicyclic) bond motifs is 1. The van der Waals surface area contributed by atoms with Crippen molar-refractivity contribution in [3.05, 3.63) is 29.6 Å². The molecular weight excluding hydrogens is 174 g/mol. The van der Waals surface area contributed by atoms with Crippen LogP contribution in [0.5, 0.6) is 0 Å². The molecule has 1 aromatic heterocycles. The summed E-state index contributed by atoms with van der Waals surface area (Å²) in [5.41, 5.74) is 9.21. The fourth-order valence-corrected chi connectivity index (χ4v) is 1.62. The zero-order valence-electron chi connectivity index (χ0n) is 8.54. The third kappa shape index (κ3) is 1.51. The molecule has 1 unspecified atom stereocenters. The zero-order valence-corrected chi connectivity index (χ0v) is 8.54. The van der Waals surface area contributed by atoms with Gasteiger partial charge in [-0.3, -0.25) is 0 Å². The van der Waals surface area contributed by atoms with Gasteiger partial charge >= 0.3 is 0 Å². The van der Waals surface area contributed by atoms with E-state index in [4.69, 9.17) is 5.73 Å². The number of aryl methyl sites for hydroxylation is 1. The predicted molar refractivity (Wildman–Crippen MR) is 58.1 cm³/mol. The monoisotopic (exact) mass is 189 g/mol. The summed E-state index contributed by atoms with van der Waals surface area (Å²) in [6, 6.07) is 6.28. The van der Waals surface area contributed by atoms with Crippen LogP contribution >= 0.6 is 0 Å². The number of aromatic amines is 1. The van der Waals surface area contributed by atoms with E-state index >= 15 is 0 Å². The van der Waals surface area contributed by atoms with Crippen molar-refractivity contribution in [3.8, 4) is 0 Å². The topological polar surface area (TPSA) is 54.7 Å². The number of rotatable bonds is 2. The number of H-pyrrole nitrogens is 1. The van der Waals surface area contributed by atoms with Crippen LogP contribution in [0, 0.1) is 6.92 Å². The highest BCUT2D eigenvalue weighted by Gasteiger charge is 2.05. The molecule has 0 spiro atoms. The van der Waals surface area contributed by atoms with E-state index in [1.807, 2.05) is 13.0 Å². The Labute approximate surface area is 83.3 Å². The van der Waals surface area contributed by atoms with Crippen LogP contribution in [-0.2, 0) is 0 Å². The van der Waals surface area contributed by atoms with Crippen LogP contribution in [-0.4, -0.2) is 9.97 Å². The lowest BCUT2D eigenvalue weighted by Gasteiger charge is -2.08. The molecule has 14 heavy (non-hydrogen) atoms. The molecule has 0 aliphatic rings. The van der Waals surface area contributed by atoms with E-state index in [2.05, 4.69) is 29.0 Å². The molecule has 0 fully saturated rings. The first kappa shape index (κ1) is 9.21. The van der Waals surface area contributed by atoms with Crippen molar-refractivity contribution in [2.24, 2.45) is 5.73 Å². The van der Waals surface area contributed by atoms with Crippen molar-refractivity contribution in [1.29, 1.82) is 0 Å². The zero-order chi connectivity index (χ0) is 10.1. The maximum Gasteiger partial charge on any atom is 0.104 e. The quantitative estimate of drug-likeness (QED) is 0.761. The minimum atomic E-state index is 0.128. The summed E-state index contributed by atoms with van der Waals surface area (Å²) < 4.78 is 0. The maximum atomic E-state index is 5.96. The van der Waals surface area contributed by atoms with E-state index in [-0.39, 0.29) is 6.04 Å². The third-order valence-electron chi connectivity index (χ3n) is 2.49. The molecule has 3 nitrogen and oxygen atoms in total. The molecule has 74 valence electrons. The van der Waals surface area contributed by atoms with Crippen molar-refractivity contribution in [2.75, 3.05) is 0 Å². The molecule has 2 aromatic rings. The SMILES string of the molecule is CCC(N)c1ccc2nc(C)[nH]c2c1. The van der Waals surface area contributed by atoms with Crippen molar-refractivity contribution >= 4 is 11.0 Å². The predicted octanol–water partition coefficient (Wildman–Crippen LogP) is 2.28. The molecule has 0 saturated heterocycles. The molecule has 1 heterocycles. The van der Waals surface area contributed by atoms with Gasteiger partial charge in [0.1, 0.15) is 5.82 Å². The van der Waals surface area contributed by atoms with Crippen molar-refractivity contribution in [1.82, 2.24) is 9.97 Å². The van der Waals surface area contributed by atoms with Gasteiger partial charge in [0.15, 0.2) is 0 Å². The maximum absolute atomic E-state index is 5.96. The molecular formula is C11H15N3. The number of nitrogens with zero attached hydrogens (tertiary/aromatic N) is 1. The van der Waals surface area contributed by atoms with Gasteiger partial charge in [-0.25, -0.2) is 4.98 Å². The number of nitrogens with two attached hydrogens (primary N) is 1. The molecule has 1 aromatic carbocycles. The number of hydrogen-bond donors (Lipinski definition) is 2. The molecule has 0 amide bonds. The van der Waals surface area contributed by atoms with Crippen LogP contribution in [0.4, 0.5) is 0 Å². The van der Waals surface area contributed by atoms with Crippen LogP contribution in [0.15, 0.2) is 18.2 Å². The van der Waals surface area contributed by atoms with Gasteiger partial charge in [-0.1, -0.05) is 13.0 Å². The van der Waals surface area contributed by atoms with Crippen molar-refractivity contribution in [3.63, 3.8) is 0 Å². The van der Waals surface area contributed by atoms with Gasteiger partial charge in [-0.05, 0) is 31.0 Å². The van der Waals surface area contributed by atoms with Crippen molar-refractivity contribution < 1.29 is 0 Å². The van der Waals surface area contributed by atoms with Crippen LogP contribution in [0.1, 0.15) is 30.8 Å². The Kier molecular flexibility index (Phi) is 2.25. The highest BCUT2D eigenvalue weighted by Crippen LogP contribution is 2.19. The molecule has 0 bridgehead atoms. The summed E-state index contributed by atoms with van der Waals surface area (Å²) >= 11 is 0. The van der Waals surface area contributed by atoms with Gasteiger partial charge in [0, 0.05) is 6.04 Å². The van der Waals surface area contributed by atoms with E-state index in [0.717, 1.165) is 23.3 Å². The van der Waals surface area contributed by atoms with E-state index in [0.29, 0.717) is 0 Å². The third-order valence-corrected chi connectivity index (χ3v) is 2.49. The Hall–Kier alpha value is -1.35. The fraction of sp³-hybridized carbons (Fsp3) is 0.364. The van der Waals surface area contributed by atoms with Gasteiger partial charge in [0.25, 0.3) is 0 Å². The smallest absolute Gasteiger partial charge is 0.104 e. The lowest BCUT2D eigenvalue weighted by molar-refractivity contribution is 0.699.